The molecule has 1 amide bonds. The van der Waals surface area contributed by atoms with E-state index in [9.17, 15) is 22.8 Å². The fourth-order valence-corrected chi connectivity index (χ4v) is 4.56. The van der Waals surface area contributed by atoms with Crippen molar-refractivity contribution in [3.05, 3.63) is 45.8 Å². The summed E-state index contributed by atoms with van der Waals surface area (Å²) in [5, 5.41) is 6.37. The number of carbonyl (C=O) groups is 2. The number of ketones is 1. The third-order valence-electron chi connectivity index (χ3n) is 6.09. The molecule has 3 rings (SSSR count). The summed E-state index contributed by atoms with van der Waals surface area (Å²) in [6.45, 7) is 1.38. The van der Waals surface area contributed by atoms with E-state index in [0.29, 0.717) is 6.42 Å². The van der Waals surface area contributed by atoms with E-state index in [-0.39, 0.29) is 35.9 Å². The average molecular weight is 437 g/mol. The molecule has 1 aromatic carbocycles. The van der Waals surface area contributed by atoms with Gasteiger partial charge in [0.25, 0.3) is 5.91 Å². The van der Waals surface area contributed by atoms with Crippen LogP contribution in [-0.2, 0) is 11.0 Å². The molecule has 1 heterocycles. The van der Waals surface area contributed by atoms with Crippen molar-refractivity contribution >= 4 is 11.7 Å². The topological polar surface area (TPSA) is 98.2 Å². The van der Waals surface area contributed by atoms with E-state index in [1.54, 1.807) is 0 Å². The number of rotatable bonds is 7. The quantitative estimate of drug-likeness (QED) is 0.390. The zero-order valence-electron chi connectivity index (χ0n) is 17.1. The zero-order chi connectivity index (χ0) is 22.4. The minimum Gasteiger partial charge on any atom is -0.345 e. The monoisotopic (exact) mass is 437 g/mol. The lowest BCUT2D eigenvalue weighted by molar-refractivity contribution is -0.137. The van der Waals surface area contributed by atoms with Gasteiger partial charge in [0.05, 0.1) is 18.2 Å². The molecule has 1 N–H and O–H groups in total. The van der Waals surface area contributed by atoms with E-state index in [2.05, 4.69) is 20.2 Å². The largest absolute Gasteiger partial charge is 0.416 e. The molecule has 7 nitrogen and oxygen atoms in total. The van der Waals surface area contributed by atoms with Crippen LogP contribution >= 0.6 is 0 Å². The molecule has 1 saturated heterocycles. The van der Waals surface area contributed by atoms with Gasteiger partial charge >= 0.3 is 6.18 Å². The van der Waals surface area contributed by atoms with Gasteiger partial charge in [0.1, 0.15) is 0 Å². The van der Waals surface area contributed by atoms with Gasteiger partial charge in [0, 0.05) is 29.5 Å². The minimum absolute atomic E-state index is 0.0278. The Labute approximate surface area is 178 Å². The van der Waals surface area contributed by atoms with Crippen LogP contribution in [0, 0.1) is 5.92 Å². The summed E-state index contributed by atoms with van der Waals surface area (Å²) in [6, 6.07) is 4.31. The number of carbonyl (C=O) groups excluding carboxylic acids is 2. The third-order valence-corrected chi connectivity index (χ3v) is 6.09. The van der Waals surface area contributed by atoms with Gasteiger partial charge in [0.2, 0.25) is 0 Å². The molecule has 10 heteroatoms. The summed E-state index contributed by atoms with van der Waals surface area (Å²) in [5.74, 6) is -0.694. The van der Waals surface area contributed by atoms with Crippen molar-refractivity contribution in [3.63, 3.8) is 0 Å². The Balaban J connectivity index is 1.47. The standard InChI is InChI=1S/C21H26F3N5O2/c22-21(23,24)16-5-3-4-15(11-16)20(31)26-12-17(30)10-14-8-9-29(13-14)19-7-2-1-6-18(19)27-28-25/h3-5,11,14,18-19H,1-2,6-10,12-13H2,(H,26,31)/t14-,18+,19-/m0/s1. The van der Waals surface area contributed by atoms with E-state index < -0.39 is 17.6 Å². The van der Waals surface area contributed by atoms with Crippen molar-refractivity contribution in [3.8, 4) is 0 Å². The van der Waals surface area contributed by atoms with Gasteiger partial charge in [-0.1, -0.05) is 24.0 Å². The first-order valence-electron chi connectivity index (χ1n) is 10.5. The second-order valence-electron chi connectivity index (χ2n) is 8.28. The SMILES string of the molecule is [N-]=[N+]=N[C@@H]1CCCC[C@@H]1N1CC[C@@H](CC(=O)CNC(=O)c2cccc(C(F)(F)F)c2)C1. The molecule has 1 aromatic rings. The summed E-state index contributed by atoms with van der Waals surface area (Å²) in [6.07, 6.45) is 0.653. The molecule has 0 bridgehead atoms. The molecule has 2 aliphatic rings. The van der Waals surface area contributed by atoms with Gasteiger partial charge in [-0.2, -0.15) is 13.2 Å². The summed E-state index contributed by atoms with van der Waals surface area (Å²) in [5.41, 5.74) is 7.76. The minimum atomic E-state index is -4.53. The number of azide groups is 1. The Morgan fingerprint density at radius 1 is 1.23 bits per heavy atom. The maximum Gasteiger partial charge on any atom is 0.416 e. The predicted molar refractivity (Wildman–Crippen MR) is 108 cm³/mol. The molecular weight excluding hydrogens is 411 g/mol. The molecule has 0 unspecified atom stereocenters. The second kappa shape index (κ2) is 10.2. The van der Waals surface area contributed by atoms with Crippen LogP contribution in [0.5, 0.6) is 0 Å². The van der Waals surface area contributed by atoms with Crippen molar-refractivity contribution in [2.75, 3.05) is 19.6 Å². The van der Waals surface area contributed by atoms with Crippen LogP contribution in [-0.4, -0.2) is 48.3 Å². The van der Waals surface area contributed by atoms with E-state index >= 15 is 0 Å². The number of amides is 1. The molecule has 0 aromatic heterocycles. The zero-order valence-corrected chi connectivity index (χ0v) is 17.1. The first-order valence-corrected chi connectivity index (χ1v) is 10.5. The third kappa shape index (κ3) is 6.21. The van der Waals surface area contributed by atoms with E-state index in [0.717, 1.165) is 57.3 Å². The summed E-state index contributed by atoms with van der Waals surface area (Å²) < 4.78 is 38.4. The molecule has 3 atom stereocenters. The van der Waals surface area contributed by atoms with Crippen LogP contribution in [0.1, 0.15) is 54.4 Å². The number of halogens is 3. The maximum absolute atomic E-state index is 12.8. The smallest absolute Gasteiger partial charge is 0.345 e. The molecule has 0 spiro atoms. The van der Waals surface area contributed by atoms with Crippen molar-refractivity contribution in [2.24, 2.45) is 11.0 Å². The average Bonchev–Trinajstić information content (AvgIpc) is 3.20. The summed E-state index contributed by atoms with van der Waals surface area (Å²) in [4.78, 5) is 29.8. The molecule has 1 aliphatic carbocycles. The van der Waals surface area contributed by atoms with Gasteiger partial charge < -0.3 is 5.32 Å². The number of likely N-dealkylation sites (tertiary alicyclic amines) is 1. The van der Waals surface area contributed by atoms with Crippen LogP contribution in [0.2, 0.25) is 0 Å². The molecule has 2 fully saturated rings. The number of nitrogens with one attached hydrogen (secondary N) is 1. The first kappa shape index (κ1) is 23.1. The highest BCUT2D eigenvalue weighted by molar-refractivity contribution is 5.96. The number of alkyl halides is 3. The number of benzene rings is 1. The van der Waals surface area contributed by atoms with Crippen molar-refractivity contribution in [1.82, 2.24) is 10.2 Å². The van der Waals surface area contributed by atoms with E-state index in [1.165, 1.54) is 12.1 Å². The molecule has 1 aliphatic heterocycles. The van der Waals surface area contributed by atoms with Crippen LogP contribution < -0.4 is 5.32 Å². The normalized spacial score (nSPS) is 24.4. The van der Waals surface area contributed by atoms with E-state index in [4.69, 9.17) is 5.53 Å². The lowest BCUT2D eigenvalue weighted by Gasteiger charge is -2.35. The van der Waals surface area contributed by atoms with Gasteiger partial charge in [0.15, 0.2) is 5.78 Å². The molecular formula is C21H26F3N5O2. The molecule has 31 heavy (non-hydrogen) atoms. The Bertz CT molecular complexity index is 854. The van der Waals surface area contributed by atoms with Gasteiger partial charge in [-0.05, 0) is 55.5 Å². The fourth-order valence-electron chi connectivity index (χ4n) is 4.56. The van der Waals surface area contributed by atoms with E-state index in [1.807, 2.05) is 0 Å². The molecule has 0 radical (unpaired) electrons. The Kier molecular flexibility index (Phi) is 7.56. The van der Waals surface area contributed by atoms with Crippen molar-refractivity contribution in [1.29, 1.82) is 0 Å². The fraction of sp³-hybridized carbons (Fsp3) is 0.619. The lowest BCUT2D eigenvalue weighted by atomic mass is 9.90. The van der Waals surface area contributed by atoms with Crippen LogP contribution in [0.15, 0.2) is 29.4 Å². The molecule has 1 saturated carbocycles. The second-order valence-corrected chi connectivity index (χ2v) is 8.28. The highest BCUT2D eigenvalue weighted by atomic mass is 19.4. The Hall–Kier alpha value is -2.58. The van der Waals surface area contributed by atoms with Crippen molar-refractivity contribution < 1.29 is 22.8 Å². The number of hydrogen-bond donors (Lipinski definition) is 1. The van der Waals surface area contributed by atoms with Crippen LogP contribution in [0.4, 0.5) is 13.2 Å². The number of Topliss-reactive ketones (excluding diaryl/α,β-unsaturated/α-hetero) is 1. The highest BCUT2D eigenvalue weighted by Gasteiger charge is 2.35. The van der Waals surface area contributed by atoms with Crippen molar-refractivity contribution in [2.45, 2.75) is 56.8 Å². The predicted octanol–water partition coefficient (Wildman–Crippen LogP) is 4.34. The summed E-state index contributed by atoms with van der Waals surface area (Å²) >= 11 is 0. The molecule has 168 valence electrons. The lowest BCUT2D eigenvalue weighted by Crippen LogP contribution is -2.43. The van der Waals surface area contributed by atoms with Crippen LogP contribution in [0.3, 0.4) is 0 Å². The Morgan fingerprint density at radius 3 is 2.74 bits per heavy atom. The maximum atomic E-state index is 12.8. The highest BCUT2D eigenvalue weighted by Crippen LogP contribution is 2.31. The number of nitrogens with zero attached hydrogens (tertiary/aromatic N) is 4. The summed E-state index contributed by atoms with van der Waals surface area (Å²) in [7, 11) is 0. The first-order chi connectivity index (χ1) is 14.8. The number of hydrogen-bond acceptors (Lipinski definition) is 4. The van der Waals surface area contributed by atoms with Gasteiger partial charge in [-0.25, -0.2) is 0 Å². The van der Waals surface area contributed by atoms with Gasteiger partial charge in [-0.15, -0.1) is 0 Å². The van der Waals surface area contributed by atoms with Crippen LogP contribution in [0.25, 0.3) is 10.4 Å². The van der Waals surface area contributed by atoms with Gasteiger partial charge in [-0.3, -0.25) is 14.5 Å². The Morgan fingerprint density at radius 2 is 2.00 bits per heavy atom.